The molecule has 0 radical (unpaired) electrons. The van der Waals surface area contributed by atoms with Crippen LogP contribution in [-0.4, -0.2) is 66.6 Å². The number of para-hydroxylation sites is 1. The van der Waals surface area contributed by atoms with E-state index in [2.05, 4.69) is 22.3 Å². The van der Waals surface area contributed by atoms with Crippen LogP contribution in [0.1, 0.15) is 29.4 Å². The SMILES string of the molecule is COc1cccc2c(C(=O)N[C@@H](C)CCc3ccccc3)nn(CCN3CCOCC3)c12. The minimum absolute atomic E-state index is 0.0434. The number of carbonyl (C=O) groups excluding carboxylic acids is 1. The van der Waals surface area contributed by atoms with Crippen LogP contribution in [0.15, 0.2) is 48.5 Å². The van der Waals surface area contributed by atoms with Gasteiger partial charge in [0.2, 0.25) is 0 Å². The molecule has 2 aromatic carbocycles. The van der Waals surface area contributed by atoms with Crippen LogP contribution in [0.25, 0.3) is 10.9 Å². The van der Waals surface area contributed by atoms with Gasteiger partial charge in [0.25, 0.3) is 5.91 Å². The molecule has 1 N–H and O–H groups in total. The highest BCUT2D eigenvalue weighted by atomic mass is 16.5. The second-order valence-electron chi connectivity index (χ2n) is 8.28. The lowest BCUT2D eigenvalue weighted by atomic mass is 10.1. The lowest BCUT2D eigenvalue weighted by molar-refractivity contribution is 0.0361. The zero-order chi connectivity index (χ0) is 22.3. The van der Waals surface area contributed by atoms with Crippen LogP contribution in [-0.2, 0) is 17.7 Å². The third-order valence-corrected chi connectivity index (χ3v) is 5.99. The number of rotatable bonds is 9. The fourth-order valence-electron chi connectivity index (χ4n) is 4.15. The maximum atomic E-state index is 13.1. The number of methoxy groups -OCH3 is 1. The lowest BCUT2D eigenvalue weighted by Crippen LogP contribution is -2.38. The molecule has 7 nitrogen and oxygen atoms in total. The number of amides is 1. The number of ether oxygens (including phenoxy) is 2. The van der Waals surface area contributed by atoms with Gasteiger partial charge >= 0.3 is 0 Å². The first-order chi connectivity index (χ1) is 15.7. The van der Waals surface area contributed by atoms with Crippen LogP contribution in [0.4, 0.5) is 0 Å². The quantitative estimate of drug-likeness (QED) is 0.558. The summed E-state index contributed by atoms with van der Waals surface area (Å²) in [6, 6.07) is 16.1. The Morgan fingerprint density at radius 1 is 1.12 bits per heavy atom. The highest BCUT2D eigenvalue weighted by Crippen LogP contribution is 2.28. The van der Waals surface area contributed by atoms with Crippen LogP contribution in [0.5, 0.6) is 5.75 Å². The van der Waals surface area contributed by atoms with Crippen molar-refractivity contribution >= 4 is 16.8 Å². The minimum atomic E-state index is -0.145. The minimum Gasteiger partial charge on any atom is -0.494 e. The molecular weight excluding hydrogens is 404 g/mol. The van der Waals surface area contributed by atoms with Gasteiger partial charge in [0.05, 0.1) is 26.9 Å². The number of nitrogens with zero attached hydrogens (tertiary/aromatic N) is 3. The van der Waals surface area contributed by atoms with E-state index in [-0.39, 0.29) is 11.9 Å². The largest absolute Gasteiger partial charge is 0.494 e. The first-order valence-corrected chi connectivity index (χ1v) is 11.3. The first kappa shape index (κ1) is 22.3. The zero-order valence-electron chi connectivity index (χ0n) is 18.9. The van der Waals surface area contributed by atoms with Crippen molar-refractivity contribution in [2.45, 2.75) is 32.4 Å². The Labute approximate surface area is 189 Å². The summed E-state index contributed by atoms with van der Waals surface area (Å²) in [5, 5.41) is 8.67. The third kappa shape index (κ3) is 5.29. The summed E-state index contributed by atoms with van der Waals surface area (Å²) in [7, 11) is 1.65. The number of benzene rings is 2. The smallest absolute Gasteiger partial charge is 0.272 e. The molecule has 1 amide bonds. The van der Waals surface area contributed by atoms with Crippen LogP contribution >= 0.6 is 0 Å². The number of nitrogens with one attached hydrogen (secondary N) is 1. The van der Waals surface area contributed by atoms with E-state index in [1.807, 2.05) is 48.0 Å². The van der Waals surface area contributed by atoms with Gasteiger partial charge in [0.15, 0.2) is 5.69 Å². The Bertz CT molecular complexity index is 1030. The summed E-state index contributed by atoms with van der Waals surface area (Å²) < 4.78 is 12.9. The molecule has 0 unspecified atom stereocenters. The van der Waals surface area contributed by atoms with Gasteiger partial charge in [-0.2, -0.15) is 5.10 Å². The number of aryl methyl sites for hydroxylation is 1. The van der Waals surface area contributed by atoms with Crippen molar-refractivity contribution in [3.63, 3.8) is 0 Å². The standard InChI is InChI=1S/C25H32N4O3/c1-19(11-12-20-7-4-3-5-8-20)26-25(30)23-21-9-6-10-22(31-2)24(21)29(27-23)14-13-28-15-17-32-18-16-28/h3-10,19H,11-18H2,1-2H3,(H,26,30)/t19-/m0/s1. The Morgan fingerprint density at radius 2 is 1.91 bits per heavy atom. The summed E-state index contributed by atoms with van der Waals surface area (Å²) in [6.45, 7) is 6.94. The van der Waals surface area contributed by atoms with E-state index in [1.54, 1.807) is 7.11 Å². The van der Waals surface area contributed by atoms with Gasteiger partial charge < -0.3 is 14.8 Å². The van der Waals surface area contributed by atoms with Gasteiger partial charge in [-0.15, -0.1) is 0 Å². The number of carbonyl (C=O) groups is 1. The van der Waals surface area contributed by atoms with E-state index in [9.17, 15) is 4.79 Å². The van der Waals surface area contributed by atoms with Crippen LogP contribution in [0, 0.1) is 0 Å². The van der Waals surface area contributed by atoms with Crippen LogP contribution < -0.4 is 10.1 Å². The topological polar surface area (TPSA) is 68.6 Å². The fraction of sp³-hybridized carbons (Fsp3) is 0.440. The molecule has 170 valence electrons. The van der Waals surface area contributed by atoms with Crippen molar-refractivity contribution < 1.29 is 14.3 Å². The molecule has 4 rings (SSSR count). The van der Waals surface area contributed by atoms with Gasteiger partial charge in [-0.3, -0.25) is 14.4 Å². The lowest BCUT2D eigenvalue weighted by Gasteiger charge is -2.26. The molecule has 1 saturated heterocycles. The van der Waals surface area contributed by atoms with Crippen molar-refractivity contribution in [3.05, 3.63) is 59.8 Å². The predicted molar refractivity (Wildman–Crippen MR) is 125 cm³/mol. The Morgan fingerprint density at radius 3 is 2.66 bits per heavy atom. The van der Waals surface area contributed by atoms with E-state index in [0.29, 0.717) is 12.2 Å². The Kier molecular flexibility index (Phi) is 7.39. The molecule has 0 aliphatic carbocycles. The van der Waals surface area contributed by atoms with Crippen molar-refractivity contribution in [1.82, 2.24) is 20.0 Å². The maximum Gasteiger partial charge on any atom is 0.272 e. The molecule has 3 aromatic rings. The van der Waals surface area contributed by atoms with E-state index in [4.69, 9.17) is 14.6 Å². The second-order valence-corrected chi connectivity index (χ2v) is 8.28. The first-order valence-electron chi connectivity index (χ1n) is 11.3. The number of morpholine rings is 1. The Balaban J connectivity index is 1.48. The molecule has 7 heteroatoms. The number of hydrogen-bond acceptors (Lipinski definition) is 5. The molecule has 1 aliphatic rings. The second kappa shape index (κ2) is 10.6. The number of aromatic nitrogens is 2. The van der Waals surface area contributed by atoms with E-state index in [0.717, 1.165) is 62.3 Å². The third-order valence-electron chi connectivity index (χ3n) is 5.99. The van der Waals surface area contributed by atoms with Gasteiger partial charge in [-0.05, 0) is 31.4 Å². The van der Waals surface area contributed by atoms with Crippen LogP contribution in [0.3, 0.4) is 0 Å². The Hall–Kier alpha value is -2.90. The molecule has 0 spiro atoms. The van der Waals surface area contributed by atoms with Crippen molar-refractivity contribution in [2.24, 2.45) is 0 Å². The maximum absolute atomic E-state index is 13.1. The molecular formula is C25H32N4O3. The highest BCUT2D eigenvalue weighted by Gasteiger charge is 2.21. The summed E-state index contributed by atoms with van der Waals surface area (Å²) in [5.41, 5.74) is 2.59. The number of hydrogen-bond donors (Lipinski definition) is 1. The monoisotopic (exact) mass is 436 g/mol. The van der Waals surface area contributed by atoms with Crippen molar-refractivity contribution in [1.29, 1.82) is 0 Å². The van der Waals surface area contributed by atoms with Gasteiger partial charge in [-0.1, -0.05) is 42.5 Å². The molecule has 1 atom stereocenters. The average molecular weight is 437 g/mol. The van der Waals surface area contributed by atoms with Crippen molar-refractivity contribution in [2.75, 3.05) is 40.0 Å². The van der Waals surface area contributed by atoms with Gasteiger partial charge in [0, 0.05) is 31.1 Å². The molecule has 1 aromatic heterocycles. The molecule has 2 heterocycles. The fourth-order valence-corrected chi connectivity index (χ4v) is 4.15. The van der Waals surface area contributed by atoms with E-state index in [1.165, 1.54) is 5.56 Å². The molecule has 1 fully saturated rings. The van der Waals surface area contributed by atoms with Gasteiger partial charge in [0.1, 0.15) is 11.3 Å². The zero-order valence-corrected chi connectivity index (χ0v) is 18.9. The average Bonchev–Trinajstić information content (AvgIpc) is 3.22. The molecule has 0 bridgehead atoms. The summed E-state index contributed by atoms with van der Waals surface area (Å²) in [6.07, 6.45) is 1.79. The summed E-state index contributed by atoms with van der Waals surface area (Å²) >= 11 is 0. The summed E-state index contributed by atoms with van der Waals surface area (Å²) in [5.74, 6) is 0.585. The molecule has 0 saturated carbocycles. The molecule has 1 aliphatic heterocycles. The predicted octanol–water partition coefficient (Wildman–Crippen LogP) is 3.13. The summed E-state index contributed by atoms with van der Waals surface area (Å²) in [4.78, 5) is 15.5. The van der Waals surface area contributed by atoms with Crippen molar-refractivity contribution in [3.8, 4) is 5.75 Å². The number of fused-ring (bicyclic) bond motifs is 1. The van der Waals surface area contributed by atoms with E-state index < -0.39 is 0 Å². The van der Waals surface area contributed by atoms with E-state index >= 15 is 0 Å². The van der Waals surface area contributed by atoms with Gasteiger partial charge in [-0.25, -0.2) is 0 Å². The highest BCUT2D eigenvalue weighted by molar-refractivity contribution is 6.06. The molecule has 32 heavy (non-hydrogen) atoms. The normalized spacial score (nSPS) is 15.6. The van der Waals surface area contributed by atoms with Crippen LogP contribution in [0.2, 0.25) is 0 Å².